The minimum absolute atomic E-state index is 0.399. The van der Waals surface area contributed by atoms with E-state index in [2.05, 4.69) is 25.5 Å². The van der Waals surface area contributed by atoms with E-state index >= 15 is 0 Å². The van der Waals surface area contributed by atoms with Crippen LogP contribution in [0.1, 0.15) is 39.0 Å². The van der Waals surface area contributed by atoms with Gasteiger partial charge in [-0.1, -0.05) is 18.4 Å². The van der Waals surface area contributed by atoms with E-state index in [1.165, 1.54) is 18.4 Å². The van der Waals surface area contributed by atoms with Gasteiger partial charge in [-0.05, 0) is 33.2 Å². The third-order valence-corrected chi connectivity index (χ3v) is 3.02. The average Bonchev–Trinajstić information content (AvgIpc) is 2.48. The average molecular weight is 197 g/mol. The molecule has 0 aromatic carbocycles. The van der Waals surface area contributed by atoms with Crippen LogP contribution in [0.15, 0.2) is 12.2 Å². The molecule has 2 nitrogen and oxygen atoms in total. The van der Waals surface area contributed by atoms with Crippen molar-refractivity contribution in [2.75, 3.05) is 20.1 Å². The number of rotatable bonds is 5. The third kappa shape index (κ3) is 3.81. The first-order valence-electron chi connectivity index (χ1n) is 5.57. The van der Waals surface area contributed by atoms with E-state index in [1.807, 2.05) is 0 Å². The maximum absolute atomic E-state index is 10.2. The highest BCUT2D eigenvalue weighted by molar-refractivity contribution is 4.90. The molecule has 1 aliphatic carbocycles. The molecule has 0 spiro atoms. The fourth-order valence-electron chi connectivity index (χ4n) is 2.15. The van der Waals surface area contributed by atoms with Gasteiger partial charge in [0.1, 0.15) is 0 Å². The monoisotopic (exact) mass is 197 g/mol. The Bertz CT molecular complexity index is 194. The van der Waals surface area contributed by atoms with E-state index in [1.54, 1.807) is 0 Å². The number of likely N-dealkylation sites (N-methyl/N-ethyl adjacent to an activating group) is 1. The van der Waals surface area contributed by atoms with Gasteiger partial charge >= 0.3 is 0 Å². The first-order valence-corrected chi connectivity index (χ1v) is 5.57. The lowest BCUT2D eigenvalue weighted by molar-refractivity contribution is 0.0167. The molecule has 0 unspecified atom stereocenters. The SMILES string of the molecule is C=C(C)CCN(C)CC1(O)CCCC1. The molecule has 0 saturated heterocycles. The zero-order valence-electron chi connectivity index (χ0n) is 9.55. The highest BCUT2D eigenvalue weighted by atomic mass is 16.3. The quantitative estimate of drug-likeness (QED) is 0.683. The number of hydrogen-bond donors (Lipinski definition) is 1. The Hall–Kier alpha value is -0.340. The Balaban J connectivity index is 2.25. The highest BCUT2D eigenvalue weighted by Gasteiger charge is 2.31. The van der Waals surface area contributed by atoms with E-state index in [0.29, 0.717) is 0 Å². The summed E-state index contributed by atoms with van der Waals surface area (Å²) in [6, 6.07) is 0. The summed E-state index contributed by atoms with van der Waals surface area (Å²) in [6.45, 7) is 7.77. The van der Waals surface area contributed by atoms with Crippen LogP contribution in [0.3, 0.4) is 0 Å². The molecule has 0 bridgehead atoms. The molecule has 1 fully saturated rings. The first-order chi connectivity index (χ1) is 6.52. The Labute approximate surface area is 87.6 Å². The predicted molar refractivity (Wildman–Crippen MR) is 60.3 cm³/mol. The van der Waals surface area contributed by atoms with Crippen molar-refractivity contribution in [3.63, 3.8) is 0 Å². The molecule has 1 N–H and O–H groups in total. The molecule has 0 aromatic heterocycles. The molecule has 1 saturated carbocycles. The van der Waals surface area contributed by atoms with Gasteiger partial charge in [-0.15, -0.1) is 6.58 Å². The molecule has 0 radical (unpaired) electrons. The van der Waals surface area contributed by atoms with Gasteiger partial charge in [0.25, 0.3) is 0 Å². The molecule has 0 aliphatic heterocycles. The van der Waals surface area contributed by atoms with E-state index in [-0.39, 0.29) is 0 Å². The summed E-state index contributed by atoms with van der Waals surface area (Å²) >= 11 is 0. The lowest BCUT2D eigenvalue weighted by atomic mass is 10.0. The zero-order chi connectivity index (χ0) is 10.6. The standard InChI is InChI=1S/C12H23NO/c1-11(2)6-9-13(3)10-12(14)7-4-5-8-12/h14H,1,4-10H2,2-3H3. The molecule has 14 heavy (non-hydrogen) atoms. The summed E-state index contributed by atoms with van der Waals surface area (Å²) < 4.78 is 0. The second kappa shape index (κ2) is 4.94. The number of aliphatic hydroxyl groups is 1. The van der Waals surface area contributed by atoms with Crippen molar-refractivity contribution in [2.24, 2.45) is 0 Å². The van der Waals surface area contributed by atoms with Gasteiger partial charge in [-0.3, -0.25) is 0 Å². The maximum atomic E-state index is 10.2. The molecular weight excluding hydrogens is 174 g/mol. The predicted octanol–water partition coefficient (Wildman–Crippen LogP) is 2.19. The lowest BCUT2D eigenvalue weighted by Crippen LogP contribution is -2.39. The zero-order valence-corrected chi connectivity index (χ0v) is 9.55. The first kappa shape index (κ1) is 11.7. The van der Waals surface area contributed by atoms with Crippen molar-refractivity contribution in [3.05, 3.63) is 12.2 Å². The van der Waals surface area contributed by atoms with Crippen LogP contribution in [-0.4, -0.2) is 35.7 Å². The number of hydrogen-bond acceptors (Lipinski definition) is 2. The van der Waals surface area contributed by atoms with Crippen LogP contribution in [0.2, 0.25) is 0 Å². The van der Waals surface area contributed by atoms with Crippen LogP contribution < -0.4 is 0 Å². The van der Waals surface area contributed by atoms with Crippen LogP contribution in [0.5, 0.6) is 0 Å². The Morgan fingerprint density at radius 2 is 2.00 bits per heavy atom. The van der Waals surface area contributed by atoms with E-state index < -0.39 is 5.60 Å². The van der Waals surface area contributed by atoms with E-state index in [9.17, 15) is 5.11 Å². The smallest absolute Gasteiger partial charge is 0.0774 e. The summed E-state index contributed by atoms with van der Waals surface area (Å²) in [5.41, 5.74) is 0.819. The lowest BCUT2D eigenvalue weighted by Gasteiger charge is -2.28. The van der Waals surface area contributed by atoms with Crippen molar-refractivity contribution < 1.29 is 5.11 Å². The van der Waals surface area contributed by atoms with E-state index in [0.717, 1.165) is 32.4 Å². The van der Waals surface area contributed by atoms with Crippen molar-refractivity contribution >= 4 is 0 Å². The second-order valence-electron chi connectivity index (χ2n) is 4.88. The molecule has 1 aliphatic rings. The third-order valence-electron chi connectivity index (χ3n) is 3.02. The van der Waals surface area contributed by atoms with Gasteiger partial charge in [0.15, 0.2) is 0 Å². The molecule has 82 valence electrons. The fourth-order valence-corrected chi connectivity index (χ4v) is 2.15. The van der Waals surface area contributed by atoms with Gasteiger partial charge in [-0.25, -0.2) is 0 Å². The maximum Gasteiger partial charge on any atom is 0.0774 e. The molecule has 2 heteroatoms. The van der Waals surface area contributed by atoms with Crippen molar-refractivity contribution in [1.82, 2.24) is 4.90 Å². The van der Waals surface area contributed by atoms with Crippen molar-refractivity contribution in [1.29, 1.82) is 0 Å². The van der Waals surface area contributed by atoms with Crippen LogP contribution in [0.25, 0.3) is 0 Å². The van der Waals surface area contributed by atoms with Crippen LogP contribution in [0, 0.1) is 0 Å². The van der Waals surface area contributed by atoms with Gasteiger partial charge in [0, 0.05) is 13.1 Å². The van der Waals surface area contributed by atoms with Gasteiger partial charge in [0.2, 0.25) is 0 Å². The Kier molecular flexibility index (Phi) is 4.14. The summed E-state index contributed by atoms with van der Waals surface area (Å²) in [6.07, 6.45) is 5.36. The molecule has 1 rings (SSSR count). The van der Waals surface area contributed by atoms with Crippen molar-refractivity contribution in [2.45, 2.75) is 44.6 Å². The summed E-state index contributed by atoms with van der Waals surface area (Å²) in [4.78, 5) is 2.22. The summed E-state index contributed by atoms with van der Waals surface area (Å²) in [5, 5.41) is 10.2. The minimum atomic E-state index is -0.399. The van der Waals surface area contributed by atoms with Gasteiger partial charge < -0.3 is 10.0 Å². The molecule has 0 heterocycles. The second-order valence-corrected chi connectivity index (χ2v) is 4.88. The highest BCUT2D eigenvalue weighted by Crippen LogP contribution is 2.29. The van der Waals surface area contributed by atoms with Crippen molar-refractivity contribution in [3.8, 4) is 0 Å². The normalized spacial score (nSPS) is 20.3. The molecule has 0 aromatic rings. The largest absolute Gasteiger partial charge is 0.389 e. The van der Waals surface area contributed by atoms with Crippen LogP contribution in [-0.2, 0) is 0 Å². The topological polar surface area (TPSA) is 23.5 Å². The fraction of sp³-hybridized carbons (Fsp3) is 0.833. The van der Waals surface area contributed by atoms with Gasteiger partial charge in [-0.2, -0.15) is 0 Å². The molecular formula is C12H23NO. The minimum Gasteiger partial charge on any atom is -0.389 e. The van der Waals surface area contributed by atoms with Crippen LogP contribution in [0.4, 0.5) is 0 Å². The van der Waals surface area contributed by atoms with Gasteiger partial charge in [0.05, 0.1) is 5.60 Å². The molecule has 0 atom stereocenters. The summed E-state index contributed by atoms with van der Waals surface area (Å²) in [7, 11) is 2.08. The molecule has 0 amide bonds. The number of nitrogens with zero attached hydrogens (tertiary/aromatic N) is 1. The Morgan fingerprint density at radius 1 is 1.43 bits per heavy atom. The summed E-state index contributed by atoms with van der Waals surface area (Å²) in [5.74, 6) is 0. The van der Waals surface area contributed by atoms with Crippen LogP contribution >= 0.6 is 0 Å². The van der Waals surface area contributed by atoms with E-state index in [4.69, 9.17) is 0 Å². The Morgan fingerprint density at radius 3 is 2.50 bits per heavy atom.